The largest absolute Gasteiger partial charge is 0.446 e. The first-order chi connectivity index (χ1) is 30.4. The average molecular weight is 879 g/mol. The summed E-state index contributed by atoms with van der Waals surface area (Å²) >= 11 is 0. The van der Waals surface area contributed by atoms with E-state index in [4.69, 9.17) is 10.5 Å². The zero-order chi connectivity index (χ0) is 45.5. The fourth-order valence-electron chi connectivity index (χ4n) is 12.9. The van der Waals surface area contributed by atoms with Gasteiger partial charge in [0.05, 0.1) is 0 Å². The Morgan fingerprint density at radius 1 is 0.778 bits per heavy atom. The van der Waals surface area contributed by atoms with Gasteiger partial charge in [-0.05, 0) is 149 Å². The molecule has 0 bridgehead atoms. The van der Waals surface area contributed by atoms with Crippen LogP contribution in [0, 0.1) is 46.3 Å². The van der Waals surface area contributed by atoms with Gasteiger partial charge in [0.1, 0.15) is 12.6 Å². The maximum absolute atomic E-state index is 13.8. The van der Waals surface area contributed by atoms with Gasteiger partial charge in [0, 0.05) is 32.5 Å². The Morgan fingerprint density at radius 2 is 1.46 bits per heavy atom. The standard InChI is InChI=1S/C55H98N4O4/c1-7-8-9-10-11-12-13-14-15-16-17-18-19-20-21-28-51(60)57-38-22-23-40-59(42-52(61)58-39-25-37-56)53(62)63-46-33-35-54(5)45(41-46)29-30-47-49-32-31-48(44(4)27-24-26-43(2)3)55(49,6)36-34-50(47)54/h14-15,29,43-44,46-50H,7-13,16-28,30-42,56H2,1-6H3,(H,57,60)(H,58,61)/b15-14-/t44-,46+,47+,48-,49+,50+,54+,55-/m1/s1. The maximum Gasteiger partial charge on any atom is 0.410 e. The van der Waals surface area contributed by atoms with Gasteiger partial charge in [-0.1, -0.05) is 136 Å². The first-order valence-corrected chi connectivity index (χ1v) is 27.0. The van der Waals surface area contributed by atoms with Crippen molar-refractivity contribution in [3.05, 3.63) is 23.8 Å². The number of fused-ring (bicyclic) bond motifs is 5. The number of nitrogens with two attached hydrogens (primary N) is 1. The molecule has 0 aliphatic heterocycles. The number of allylic oxidation sites excluding steroid dienone is 3. The Morgan fingerprint density at radius 3 is 2.17 bits per heavy atom. The van der Waals surface area contributed by atoms with Crippen molar-refractivity contribution >= 4 is 17.9 Å². The van der Waals surface area contributed by atoms with Crippen LogP contribution >= 0.6 is 0 Å². The van der Waals surface area contributed by atoms with E-state index in [2.05, 4.69) is 70.4 Å². The first-order valence-electron chi connectivity index (χ1n) is 27.0. The van der Waals surface area contributed by atoms with Crippen LogP contribution in [0.1, 0.15) is 221 Å². The van der Waals surface area contributed by atoms with Crippen molar-refractivity contribution in [1.29, 1.82) is 0 Å². The van der Waals surface area contributed by atoms with Gasteiger partial charge in [-0.3, -0.25) is 14.5 Å². The van der Waals surface area contributed by atoms with Crippen LogP contribution in [0.4, 0.5) is 4.79 Å². The summed E-state index contributed by atoms with van der Waals surface area (Å²) in [6.07, 6.45) is 39.1. The third-order valence-corrected chi connectivity index (χ3v) is 16.7. The molecular weight excluding hydrogens is 781 g/mol. The molecule has 4 aliphatic carbocycles. The summed E-state index contributed by atoms with van der Waals surface area (Å²) in [5, 5.41) is 5.99. The molecule has 0 radical (unpaired) electrons. The second-order valence-electron chi connectivity index (χ2n) is 21.8. The highest BCUT2D eigenvalue weighted by Crippen LogP contribution is 2.67. The zero-order valence-electron chi connectivity index (χ0n) is 41.8. The summed E-state index contributed by atoms with van der Waals surface area (Å²) < 4.78 is 6.27. The predicted octanol–water partition coefficient (Wildman–Crippen LogP) is 13.2. The smallest absolute Gasteiger partial charge is 0.410 e. The molecule has 8 nitrogen and oxygen atoms in total. The van der Waals surface area contributed by atoms with Gasteiger partial charge in [0.25, 0.3) is 0 Å². The van der Waals surface area contributed by atoms with Crippen molar-refractivity contribution in [3.63, 3.8) is 0 Å². The van der Waals surface area contributed by atoms with Crippen LogP contribution in [-0.2, 0) is 14.3 Å². The average Bonchev–Trinajstić information content (AvgIpc) is 3.62. The molecule has 4 aliphatic rings. The lowest BCUT2D eigenvalue weighted by Gasteiger charge is -2.58. The number of hydrogen-bond donors (Lipinski definition) is 3. The fraction of sp³-hybridized carbons (Fsp3) is 0.873. The number of nitrogens with zero attached hydrogens (tertiary/aromatic N) is 1. The molecule has 3 fully saturated rings. The van der Waals surface area contributed by atoms with Crippen LogP contribution in [0.15, 0.2) is 23.8 Å². The molecular formula is C55H98N4O4. The van der Waals surface area contributed by atoms with Gasteiger partial charge in [0.2, 0.25) is 11.8 Å². The highest BCUT2D eigenvalue weighted by atomic mass is 16.6. The minimum Gasteiger partial charge on any atom is -0.446 e. The van der Waals surface area contributed by atoms with Crippen LogP contribution in [0.2, 0.25) is 0 Å². The van der Waals surface area contributed by atoms with E-state index >= 15 is 0 Å². The summed E-state index contributed by atoms with van der Waals surface area (Å²) in [7, 11) is 0. The van der Waals surface area contributed by atoms with E-state index in [1.165, 1.54) is 128 Å². The summed E-state index contributed by atoms with van der Waals surface area (Å²) in [6.45, 7) is 16.7. The van der Waals surface area contributed by atoms with Crippen LogP contribution in [-0.4, -0.2) is 61.6 Å². The second kappa shape index (κ2) is 28.6. The molecule has 0 aromatic rings. The van der Waals surface area contributed by atoms with E-state index in [1.54, 1.807) is 4.90 Å². The van der Waals surface area contributed by atoms with Crippen molar-refractivity contribution in [2.24, 2.45) is 52.1 Å². The van der Waals surface area contributed by atoms with E-state index < -0.39 is 6.09 Å². The van der Waals surface area contributed by atoms with Crippen LogP contribution in [0.5, 0.6) is 0 Å². The lowest BCUT2D eigenvalue weighted by Crippen LogP contribution is -2.51. The van der Waals surface area contributed by atoms with E-state index in [-0.39, 0.29) is 29.9 Å². The fourth-order valence-corrected chi connectivity index (χ4v) is 12.9. The lowest BCUT2D eigenvalue weighted by molar-refractivity contribution is -0.122. The number of ether oxygens (including phenoxy) is 1. The quantitative estimate of drug-likeness (QED) is 0.0474. The number of carbonyl (C=O) groups is 3. The lowest BCUT2D eigenvalue weighted by atomic mass is 9.47. The minimum absolute atomic E-state index is 0.0282. The molecule has 4 rings (SSSR count). The van der Waals surface area contributed by atoms with Crippen molar-refractivity contribution in [2.45, 2.75) is 227 Å². The molecule has 8 atom stereocenters. The zero-order valence-corrected chi connectivity index (χ0v) is 41.8. The number of rotatable bonds is 31. The van der Waals surface area contributed by atoms with E-state index in [0.29, 0.717) is 50.9 Å². The Labute approximate surface area is 387 Å². The molecule has 8 heteroatoms. The molecule has 0 saturated heterocycles. The third kappa shape index (κ3) is 17.1. The molecule has 362 valence electrons. The molecule has 0 aromatic carbocycles. The first kappa shape index (κ1) is 53.3. The maximum atomic E-state index is 13.8. The number of carbonyl (C=O) groups excluding carboxylic acids is 3. The Bertz CT molecular complexity index is 1400. The van der Waals surface area contributed by atoms with Crippen LogP contribution < -0.4 is 16.4 Å². The van der Waals surface area contributed by atoms with Gasteiger partial charge in [-0.2, -0.15) is 0 Å². The van der Waals surface area contributed by atoms with Crippen molar-refractivity contribution in [3.8, 4) is 0 Å². The highest BCUT2D eigenvalue weighted by Gasteiger charge is 2.59. The summed E-state index contributed by atoms with van der Waals surface area (Å²) in [6, 6.07) is 0. The Balaban J connectivity index is 1.16. The monoisotopic (exact) mass is 879 g/mol. The Kier molecular flexibility index (Phi) is 24.2. The van der Waals surface area contributed by atoms with E-state index in [9.17, 15) is 14.4 Å². The van der Waals surface area contributed by atoms with Crippen LogP contribution in [0.25, 0.3) is 0 Å². The molecule has 0 spiro atoms. The number of hydrogen-bond acceptors (Lipinski definition) is 5. The van der Waals surface area contributed by atoms with Gasteiger partial charge in [-0.25, -0.2) is 4.79 Å². The molecule has 0 heterocycles. The second-order valence-corrected chi connectivity index (χ2v) is 21.8. The molecule has 4 N–H and O–H groups in total. The third-order valence-electron chi connectivity index (χ3n) is 16.7. The summed E-state index contributed by atoms with van der Waals surface area (Å²) in [5.74, 6) is 4.72. The topological polar surface area (TPSA) is 114 Å². The number of amides is 3. The summed E-state index contributed by atoms with van der Waals surface area (Å²) in [4.78, 5) is 40.8. The van der Waals surface area contributed by atoms with E-state index in [1.807, 2.05) is 0 Å². The molecule has 3 saturated carbocycles. The van der Waals surface area contributed by atoms with Gasteiger partial charge < -0.3 is 21.1 Å². The molecule has 0 aromatic heterocycles. The van der Waals surface area contributed by atoms with Gasteiger partial charge in [-0.15, -0.1) is 0 Å². The SMILES string of the molecule is CCCCCCCC/C=C\CCCCCCCC(=O)NCCCCN(CC(=O)NCCCN)C(=O)O[C@H]1CC[C@@]2(C)C(=CC[C@H]3[C@@H]4CC[C@H]([C@H](C)CCCC(C)C)[C@@]4(C)CC[C@@H]32)C1. The van der Waals surface area contributed by atoms with Gasteiger partial charge in [0.15, 0.2) is 0 Å². The minimum atomic E-state index is -0.395. The van der Waals surface area contributed by atoms with Crippen molar-refractivity contribution in [1.82, 2.24) is 15.5 Å². The van der Waals surface area contributed by atoms with Gasteiger partial charge >= 0.3 is 6.09 Å². The number of unbranched alkanes of at least 4 members (excludes halogenated alkanes) is 12. The molecule has 63 heavy (non-hydrogen) atoms. The van der Waals surface area contributed by atoms with E-state index in [0.717, 1.165) is 74.0 Å². The van der Waals surface area contributed by atoms with Crippen molar-refractivity contribution < 1.29 is 19.1 Å². The highest BCUT2D eigenvalue weighted by molar-refractivity contribution is 5.82. The Hall–Kier alpha value is -2.35. The normalized spacial score (nSPS) is 27.0. The number of nitrogens with one attached hydrogen (secondary N) is 2. The van der Waals surface area contributed by atoms with Crippen molar-refractivity contribution in [2.75, 3.05) is 32.7 Å². The predicted molar refractivity (Wildman–Crippen MR) is 263 cm³/mol. The molecule has 0 unspecified atom stereocenters. The molecule has 3 amide bonds. The summed E-state index contributed by atoms with van der Waals surface area (Å²) in [5.41, 5.74) is 7.82. The van der Waals surface area contributed by atoms with Crippen LogP contribution in [0.3, 0.4) is 0 Å².